The Bertz CT molecular complexity index is 918. The van der Waals surface area contributed by atoms with Crippen LogP contribution in [0.4, 0.5) is 0 Å². The van der Waals surface area contributed by atoms with Gasteiger partial charge >= 0.3 is 0 Å². The van der Waals surface area contributed by atoms with E-state index in [-0.39, 0.29) is 24.0 Å². The van der Waals surface area contributed by atoms with Crippen molar-refractivity contribution in [1.82, 2.24) is 25.0 Å². The number of aromatic nitrogens is 3. The van der Waals surface area contributed by atoms with Crippen LogP contribution < -0.4 is 5.32 Å². The van der Waals surface area contributed by atoms with E-state index in [0.717, 1.165) is 43.5 Å². The minimum Gasteiger partial charge on any atom is -0.356 e. The number of rotatable bonds is 8. The summed E-state index contributed by atoms with van der Waals surface area (Å²) in [5.74, 6) is 2.63. The fourth-order valence-corrected chi connectivity index (χ4v) is 3.74. The lowest BCUT2D eigenvalue weighted by molar-refractivity contribution is 0.474. The first-order valence-corrected chi connectivity index (χ1v) is 10.9. The van der Waals surface area contributed by atoms with E-state index < -0.39 is 0 Å². The second-order valence-corrected chi connectivity index (χ2v) is 8.18. The van der Waals surface area contributed by atoms with Crippen LogP contribution in [0.3, 0.4) is 0 Å². The van der Waals surface area contributed by atoms with Crippen molar-refractivity contribution in [2.45, 2.75) is 39.8 Å². The Morgan fingerprint density at radius 1 is 1.17 bits per heavy atom. The first-order valence-electron chi connectivity index (χ1n) is 10.0. The number of benzene rings is 1. The molecule has 3 rings (SSSR count). The molecule has 30 heavy (non-hydrogen) atoms. The van der Waals surface area contributed by atoms with Gasteiger partial charge in [0.15, 0.2) is 11.8 Å². The summed E-state index contributed by atoms with van der Waals surface area (Å²) in [6.07, 6.45) is 2.04. The Kier molecular flexibility index (Phi) is 9.77. The van der Waals surface area contributed by atoms with Gasteiger partial charge in [0.05, 0.1) is 0 Å². The van der Waals surface area contributed by atoms with Gasteiger partial charge < -0.3 is 14.8 Å². The molecule has 162 valence electrons. The number of nitrogens with one attached hydrogen (secondary N) is 1. The zero-order chi connectivity index (χ0) is 20.6. The molecule has 0 atom stereocenters. The highest BCUT2D eigenvalue weighted by molar-refractivity contribution is 14.0. The Labute approximate surface area is 200 Å². The summed E-state index contributed by atoms with van der Waals surface area (Å²) >= 11 is 1.79. The van der Waals surface area contributed by atoms with E-state index >= 15 is 0 Å². The molecule has 6 nitrogen and oxygen atoms in total. The molecule has 0 spiro atoms. The topological polar surface area (TPSA) is 58.3 Å². The Morgan fingerprint density at radius 2 is 1.90 bits per heavy atom. The maximum atomic E-state index is 4.83. The lowest BCUT2D eigenvalue weighted by Gasteiger charge is -2.23. The van der Waals surface area contributed by atoms with Crippen LogP contribution in [0.1, 0.15) is 34.6 Å². The smallest absolute Gasteiger partial charge is 0.194 e. The van der Waals surface area contributed by atoms with Gasteiger partial charge in [-0.25, -0.2) is 4.99 Å². The molecule has 0 aliphatic carbocycles. The van der Waals surface area contributed by atoms with Crippen LogP contribution in [0, 0.1) is 6.92 Å². The summed E-state index contributed by atoms with van der Waals surface area (Å²) in [7, 11) is 4.05. The molecule has 1 N–H and O–H groups in total. The van der Waals surface area contributed by atoms with Crippen molar-refractivity contribution in [1.29, 1.82) is 0 Å². The minimum atomic E-state index is 0. The molecule has 2 heterocycles. The summed E-state index contributed by atoms with van der Waals surface area (Å²) in [4.78, 5) is 8.37. The molecule has 0 amide bonds. The summed E-state index contributed by atoms with van der Waals surface area (Å²) in [6, 6.07) is 13.1. The third kappa shape index (κ3) is 6.80. The first-order chi connectivity index (χ1) is 14.1. The molecule has 0 fully saturated rings. The van der Waals surface area contributed by atoms with E-state index in [9.17, 15) is 0 Å². The number of aryl methyl sites for hydroxylation is 2. The summed E-state index contributed by atoms with van der Waals surface area (Å²) < 4.78 is 1.98. The third-order valence-corrected chi connectivity index (χ3v) is 5.94. The highest BCUT2D eigenvalue weighted by Crippen LogP contribution is 2.10. The molecular formula is C22H31IN6S. The van der Waals surface area contributed by atoms with E-state index in [1.54, 1.807) is 11.3 Å². The van der Waals surface area contributed by atoms with Crippen LogP contribution >= 0.6 is 35.3 Å². The van der Waals surface area contributed by atoms with Gasteiger partial charge in [-0.2, -0.15) is 0 Å². The van der Waals surface area contributed by atoms with E-state index in [4.69, 9.17) is 4.99 Å². The van der Waals surface area contributed by atoms with Crippen LogP contribution in [0.5, 0.6) is 0 Å². The van der Waals surface area contributed by atoms with Crippen LogP contribution in [-0.2, 0) is 33.0 Å². The maximum Gasteiger partial charge on any atom is 0.194 e. The lowest BCUT2D eigenvalue weighted by atomic mass is 10.1. The number of guanidine groups is 1. The quantitative estimate of drug-likeness (QED) is 0.266. The SMILES string of the molecule is CCc1ccc(CN(C)C(=NCc2nnc(C)n2C)NCCc2cccs2)cc1.I. The Balaban J connectivity index is 0.00000320. The average molecular weight is 539 g/mol. The molecule has 0 radical (unpaired) electrons. The molecule has 1 aromatic carbocycles. The fourth-order valence-electron chi connectivity index (χ4n) is 3.03. The number of nitrogens with zero attached hydrogens (tertiary/aromatic N) is 5. The second-order valence-electron chi connectivity index (χ2n) is 7.14. The van der Waals surface area contributed by atoms with Gasteiger partial charge in [-0.15, -0.1) is 45.5 Å². The Hall–Kier alpha value is -1.94. The van der Waals surface area contributed by atoms with Crippen LogP contribution in [-0.4, -0.2) is 39.2 Å². The van der Waals surface area contributed by atoms with Gasteiger partial charge in [-0.1, -0.05) is 37.3 Å². The highest BCUT2D eigenvalue weighted by Gasteiger charge is 2.10. The van der Waals surface area contributed by atoms with E-state index in [1.807, 2.05) is 18.5 Å². The van der Waals surface area contributed by atoms with Gasteiger partial charge in [0.1, 0.15) is 12.4 Å². The molecule has 2 aromatic heterocycles. The number of halogens is 1. The van der Waals surface area contributed by atoms with Gasteiger partial charge in [0, 0.05) is 32.1 Å². The predicted molar refractivity (Wildman–Crippen MR) is 136 cm³/mol. The second kappa shape index (κ2) is 12.0. The van der Waals surface area contributed by atoms with Crippen molar-refractivity contribution in [3.05, 3.63) is 69.4 Å². The number of aliphatic imine (C=N–C) groups is 1. The average Bonchev–Trinajstić information content (AvgIpc) is 3.36. The van der Waals surface area contributed by atoms with Crippen LogP contribution in [0.25, 0.3) is 0 Å². The lowest BCUT2D eigenvalue weighted by Crippen LogP contribution is -2.39. The normalized spacial score (nSPS) is 11.3. The molecular weight excluding hydrogens is 507 g/mol. The largest absolute Gasteiger partial charge is 0.356 e. The summed E-state index contributed by atoms with van der Waals surface area (Å²) in [5, 5.41) is 14.0. The van der Waals surface area contributed by atoms with Crippen LogP contribution in [0.2, 0.25) is 0 Å². The van der Waals surface area contributed by atoms with Gasteiger partial charge in [-0.3, -0.25) is 0 Å². The number of hydrogen-bond donors (Lipinski definition) is 1. The number of hydrogen-bond acceptors (Lipinski definition) is 4. The predicted octanol–water partition coefficient (Wildman–Crippen LogP) is 4.19. The maximum absolute atomic E-state index is 4.83. The molecule has 8 heteroatoms. The van der Waals surface area contributed by atoms with E-state index in [1.165, 1.54) is 16.0 Å². The zero-order valence-corrected chi connectivity index (χ0v) is 21.3. The van der Waals surface area contributed by atoms with Crippen molar-refractivity contribution in [2.24, 2.45) is 12.0 Å². The molecule has 0 saturated carbocycles. The summed E-state index contributed by atoms with van der Waals surface area (Å²) in [5.41, 5.74) is 2.63. The monoisotopic (exact) mass is 538 g/mol. The third-order valence-electron chi connectivity index (χ3n) is 5.00. The van der Waals surface area contributed by atoms with Crippen LogP contribution in [0.15, 0.2) is 46.8 Å². The van der Waals surface area contributed by atoms with Gasteiger partial charge in [-0.05, 0) is 42.3 Å². The molecule has 0 saturated heterocycles. The Morgan fingerprint density at radius 3 is 2.50 bits per heavy atom. The fraction of sp³-hybridized carbons (Fsp3) is 0.409. The van der Waals surface area contributed by atoms with Crippen molar-refractivity contribution in [2.75, 3.05) is 13.6 Å². The summed E-state index contributed by atoms with van der Waals surface area (Å²) in [6.45, 7) is 6.27. The minimum absolute atomic E-state index is 0. The zero-order valence-electron chi connectivity index (χ0n) is 18.1. The van der Waals surface area contributed by atoms with Gasteiger partial charge in [0.25, 0.3) is 0 Å². The first kappa shape index (κ1) is 24.3. The van der Waals surface area contributed by atoms with Crippen molar-refractivity contribution < 1.29 is 0 Å². The van der Waals surface area contributed by atoms with Gasteiger partial charge in [0.2, 0.25) is 0 Å². The standard InChI is InChI=1S/C22H30N6S.HI/c1-5-18-8-10-19(11-9-18)16-27(3)22(23-13-12-20-7-6-14-29-20)24-15-21-26-25-17(2)28(21)4;/h6-11,14H,5,12-13,15-16H2,1-4H3,(H,23,24);1H. The molecule has 0 aliphatic rings. The molecule has 3 aromatic rings. The van der Waals surface area contributed by atoms with E-state index in [2.05, 4.69) is 76.2 Å². The number of thiophene rings is 1. The highest BCUT2D eigenvalue weighted by atomic mass is 127. The van der Waals surface area contributed by atoms with E-state index in [0.29, 0.717) is 6.54 Å². The molecule has 0 bridgehead atoms. The van der Waals surface area contributed by atoms with Crippen molar-refractivity contribution in [3.63, 3.8) is 0 Å². The molecule has 0 aliphatic heterocycles. The molecule has 0 unspecified atom stereocenters. The van der Waals surface area contributed by atoms with Crippen molar-refractivity contribution >= 4 is 41.3 Å². The van der Waals surface area contributed by atoms with Crippen molar-refractivity contribution in [3.8, 4) is 0 Å².